The lowest BCUT2D eigenvalue weighted by Crippen LogP contribution is -2.41. The quantitative estimate of drug-likeness (QED) is 0.405. The molecule has 0 N–H and O–H groups in total. The molecule has 0 atom stereocenters. The molecule has 0 radical (unpaired) electrons. The van der Waals surface area contributed by atoms with E-state index in [2.05, 4.69) is 15.9 Å². The fourth-order valence-corrected chi connectivity index (χ4v) is 2.82. The van der Waals surface area contributed by atoms with Crippen LogP contribution in [-0.4, -0.2) is 17.7 Å². The van der Waals surface area contributed by atoms with E-state index in [1.165, 1.54) is 32.1 Å². The minimum atomic E-state index is -1.28. The predicted octanol–water partition coefficient (Wildman–Crippen LogP) is 4.39. The standard InChI is InChI=1S/C20H16BrFO5/c1-20(2)26-18(23)16(19(24)27-20)9-12-4-3-5-15(8-12)25-11-13-10-14(22)6-7-17(13)21/h3-10H,11H2,1-2H3. The van der Waals surface area contributed by atoms with E-state index in [0.29, 0.717) is 16.9 Å². The Bertz CT molecular complexity index is 914. The highest BCUT2D eigenvalue weighted by molar-refractivity contribution is 9.10. The number of benzene rings is 2. The number of carbonyl (C=O) groups excluding carboxylic acids is 2. The predicted molar refractivity (Wildman–Crippen MR) is 99.1 cm³/mol. The largest absolute Gasteiger partial charge is 0.489 e. The topological polar surface area (TPSA) is 61.8 Å². The molecule has 0 bridgehead atoms. The fourth-order valence-electron chi connectivity index (χ4n) is 2.45. The maximum Gasteiger partial charge on any atom is 0.348 e. The Morgan fingerprint density at radius 3 is 2.52 bits per heavy atom. The summed E-state index contributed by atoms with van der Waals surface area (Å²) in [5.74, 6) is -2.63. The highest BCUT2D eigenvalue weighted by Gasteiger charge is 2.38. The van der Waals surface area contributed by atoms with E-state index in [-0.39, 0.29) is 18.0 Å². The first-order chi connectivity index (χ1) is 12.7. The molecular weight excluding hydrogens is 419 g/mol. The van der Waals surface area contributed by atoms with Crippen molar-refractivity contribution in [3.8, 4) is 5.75 Å². The molecule has 140 valence electrons. The Labute approximate surface area is 163 Å². The number of halogens is 2. The van der Waals surface area contributed by atoms with Crippen LogP contribution in [0, 0.1) is 5.82 Å². The molecule has 0 saturated carbocycles. The summed E-state index contributed by atoms with van der Waals surface area (Å²) in [5, 5.41) is 0. The Balaban J connectivity index is 1.77. The van der Waals surface area contributed by atoms with Crippen molar-refractivity contribution in [2.45, 2.75) is 26.2 Å². The maximum atomic E-state index is 13.4. The summed E-state index contributed by atoms with van der Waals surface area (Å²) >= 11 is 3.35. The van der Waals surface area contributed by atoms with Crippen LogP contribution in [0.25, 0.3) is 6.08 Å². The maximum absolute atomic E-state index is 13.4. The Hall–Kier alpha value is -2.67. The summed E-state index contributed by atoms with van der Waals surface area (Å²) in [6.07, 6.45) is 1.38. The lowest BCUT2D eigenvalue weighted by atomic mass is 10.1. The number of cyclic esters (lactones) is 2. The first kappa shape index (κ1) is 19.1. The molecule has 5 nitrogen and oxygen atoms in total. The van der Waals surface area contributed by atoms with Gasteiger partial charge in [0, 0.05) is 23.9 Å². The van der Waals surface area contributed by atoms with Gasteiger partial charge in [0.15, 0.2) is 0 Å². The molecular formula is C20H16BrFO5. The minimum absolute atomic E-state index is 0.149. The summed E-state index contributed by atoms with van der Waals surface area (Å²) in [5.41, 5.74) is 1.02. The fraction of sp³-hybridized carbons (Fsp3) is 0.200. The van der Waals surface area contributed by atoms with E-state index in [0.717, 1.165) is 4.47 Å². The first-order valence-electron chi connectivity index (χ1n) is 8.09. The normalized spacial score (nSPS) is 15.8. The lowest BCUT2D eigenvalue weighted by molar-refractivity contribution is -0.222. The Morgan fingerprint density at radius 2 is 1.81 bits per heavy atom. The van der Waals surface area contributed by atoms with Gasteiger partial charge in [-0.25, -0.2) is 14.0 Å². The number of ether oxygens (including phenoxy) is 3. The van der Waals surface area contributed by atoms with Crippen LogP contribution >= 0.6 is 15.9 Å². The first-order valence-corrected chi connectivity index (χ1v) is 8.88. The van der Waals surface area contributed by atoms with Crippen LogP contribution in [0.3, 0.4) is 0 Å². The second-order valence-electron chi connectivity index (χ2n) is 6.33. The molecule has 0 spiro atoms. The molecule has 0 amide bonds. The van der Waals surface area contributed by atoms with Gasteiger partial charge in [0.1, 0.15) is 23.7 Å². The van der Waals surface area contributed by atoms with Crippen LogP contribution < -0.4 is 4.74 Å². The zero-order chi connectivity index (χ0) is 19.6. The van der Waals surface area contributed by atoms with Gasteiger partial charge in [-0.1, -0.05) is 28.1 Å². The summed E-state index contributed by atoms with van der Waals surface area (Å²) in [4.78, 5) is 24.1. The average molecular weight is 435 g/mol. The third-order valence-electron chi connectivity index (χ3n) is 3.69. The number of carbonyl (C=O) groups is 2. The Morgan fingerprint density at radius 1 is 1.11 bits per heavy atom. The van der Waals surface area contributed by atoms with Gasteiger partial charge in [0.05, 0.1) is 0 Å². The molecule has 0 aliphatic carbocycles. The van der Waals surface area contributed by atoms with Gasteiger partial charge in [-0.15, -0.1) is 0 Å². The van der Waals surface area contributed by atoms with Gasteiger partial charge in [-0.05, 0) is 42.0 Å². The summed E-state index contributed by atoms with van der Waals surface area (Å²) < 4.78 is 29.9. The summed E-state index contributed by atoms with van der Waals surface area (Å²) in [6, 6.07) is 11.1. The molecule has 2 aromatic carbocycles. The van der Waals surface area contributed by atoms with Crippen LogP contribution in [0.4, 0.5) is 4.39 Å². The second-order valence-corrected chi connectivity index (χ2v) is 7.19. The number of hydrogen-bond donors (Lipinski definition) is 0. The Kier molecular flexibility index (Phi) is 5.32. The van der Waals surface area contributed by atoms with E-state index < -0.39 is 17.7 Å². The van der Waals surface area contributed by atoms with E-state index in [1.807, 2.05) is 0 Å². The van der Waals surface area contributed by atoms with Crippen LogP contribution in [0.1, 0.15) is 25.0 Å². The molecule has 7 heteroatoms. The zero-order valence-electron chi connectivity index (χ0n) is 14.6. The lowest BCUT2D eigenvalue weighted by Gasteiger charge is -2.29. The molecule has 1 aliphatic rings. The highest BCUT2D eigenvalue weighted by Crippen LogP contribution is 2.26. The smallest absolute Gasteiger partial charge is 0.348 e. The van der Waals surface area contributed by atoms with Crippen molar-refractivity contribution >= 4 is 33.9 Å². The number of esters is 2. The van der Waals surface area contributed by atoms with Gasteiger partial charge in [0.25, 0.3) is 5.79 Å². The monoisotopic (exact) mass is 434 g/mol. The molecule has 0 aromatic heterocycles. The van der Waals surface area contributed by atoms with Gasteiger partial charge in [-0.2, -0.15) is 0 Å². The van der Waals surface area contributed by atoms with Crippen molar-refractivity contribution in [3.63, 3.8) is 0 Å². The minimum Gasteiger partial charge on any atom is -0.489 e. The third kappa shape index (κ3) is 4.74. The van der Waals surface area contributed by atoms with Crippen LogP contribution in [-0.2, 0) is 25.7 Å². The van der Waals surface area contributed by atoms with Crippen molar-refractivity contribution in [1.29, 1.82) is 0 Å². The molecule has 1 aliphatic heterocycles. The van der Waals surface area contributed by atoms with Crippen LogP contribution in [0.5, 0.6) is 5.75 Å². The molecule has 1 saturated heterocycles. The number of rotatable bonds is 4. The zero-order valence-corrected chi connectivity index (χ0v) is 16.2. The average Bonchev–Trinajstić information content (AvgIpc) is 2.58. The summed E-state index contributed by atoms with van der Waals surface area (Å²) in [7, 11) is 0. The van der Waals surface area contributed by atoms with Crippen molar-refractivity contribution in [2.75, 3.05) is 0 Å². The third-order valence-corrected chi connectivity index (χ3v) is 4.46. The van der Waals surface area contributed by atoms with Crippen molar-refractivity contribution in [3.05, 3.63) is 69.5 Å². The van der Waals surface area contributed by atoms with Crippen molar-refractivity contribution < 1.29 is 28.2 Å². The van der Waals surface area contributed by atoms with E-state index >= 15 is 0 Å². The van der Waals surface area contributed by atoms with Crippen LogP contribution in [0.15, 0.2) is 52.5 Å². The van der Waals surface area contributed by atoms with Crippen LogP contribution in [0.2, 0.25) is 0 Å². The van der Waals surface area contributed by atoms with E-state index in [4.69, 9.17) is 14.2 Å². The SMILES string of the molecule is CC1(C)OC(=O)C(=Cc2cccc(OCc3cc(F)ccc3Br)c2)C(=O)O1. The number of hydrogen-bond acceptors (Lipinski definition) is 5. The molecule has 0 unspecified atom stereocenters. The molecule has 3 rings (SSSR count). The molecule has 1 fully saturated rings. The van der Waals surface area contributed by atoms with Crippen molar-refractivity contribution in [1.82, 2.24) is 0 Å². The second kappa shape index (κ2) is 7.52. The molecule has 2 aromatic rings. The van der Waals surface area contributed by atoms with Gasteiger partial charge in [0.2, 0.25) is 0 Å². The highest BCUT2D eigenvalue weighted by atomic mass is 79.9. The van der Waals surface area contributed by atoms with Crippen molar-refractivity contribution in [2.24, 2.45) is 0 Å². The van der Waals surface area contributed by atoms with Gasteiger partial charge < -0.3 is 14.2 Å². The summed E-state index contributed by atoms with van der Waals surface area (Å²) in [6.45, 7) is 3.12. The van der Waals surface area contributed by atoms with E-state index in [9.17, 15) is 14.0 Å². The van der Waals surface area contributed by atoms with Gasteiger partial charge >= 0.3 is 11.9 Å². The molecule has 1 heterocycles. The van der Waals surface area contributed by atoms with Gasteiger partial charge in [-0.3, -0.25) is 0 Å². The van der Waals surface area contributed by atoms with E-state index in [1.54, 1.807) is 30.3 Å². The molecule has 27 heavy (non-hydrogen) atoms.